The van der Waals surface area contributed by atoms with Gasteiger partial charge in [-0.15, -0.1) is 0 Å². The minimum Gasteiger partial charge on any atom is -0.304 e. The number of hydrogen-bond donors (Lipinski definition) is 1. The normalized spacial score (nSPS) is 12.9. The summed E-state index contributed by atoms with van der Waals surface area (Å²) in [6.07, 6.45) is 2.02. The summed E-state index contributed by atoms with van der Waals surface area (Å²) >= 11 is 6.19. The highest BCUT2D eigenvalue weighted by atomic mass is 35.5. The van der Waals surface area contributed by atoms with E-state index >= 15 is 0 Å². The van der Waals surface area contributed by atoms with Crippen LogP contribution in [0.25, 0.3) is 0 Å². The summed E-state index contributed by atoms with van der Waals surface area (Å²) in [4.78, 5) is 0. The van der Waals surface area contributed by atoms with Crippen LogP contribution in [0.5, 0.6) is 0 Å². The molecular weight excluding hydrogens is 258 g/mol. The second-order valence-corrected chi connectivity index (χ2v) is 5.41. The van der Waals surface area contributed by atoms with Crippen LogP contribution >= 0.6 is 11.6 Å². The quantitative estimate of drug-likeness (QED) is 0.896. The van der Waals surface area contributed by atoms with Gasteiger partial charge in [0.25, 0.3) is 0 Å². The second-order valence-electron chi connectivity index (χ2n) is 5.00. The van der Waals surface area contributed by atoms with Gasteiger partial charge in [-0.3, -0.25) is 4.68 Å². The molecule has 0 radical (unpaired) electrons. The summed E-state index contributed by atoms with van der Waals surface area (Å²) in [7, 11) is 0. The third kappa shape index (κ3) is 3.58. The Balaban J connectivity index is 1.96. The largest absolute Gasteiger partial charge is 0.304 e. The van der Waals surface area contributed by atoms with Crippen molar-refractivity contribution in [1.29, 1.82) is 0 Å². The lowest BCUT2D eigenvalue weighted by Crippen LogP contribution is -2.19. The summed E-state index contributed by atoms with van der Waals surface area (Å²) in [5.41, 5.74) is 2.17. The number of nitrogens with one attached hydrogen (secondary N) is 1. The van der Waals surface area contributed by atoms with Gasteiger partial charge in [0.15, 0.2) is 0 Å². The maximum atomic E-state index is 6.19. The van der Waals surface area contributed by atoms with Crippen molar-refractivity contribution < 1.29 is 0 Å². The van der Waals surface area contributed by atoms with Gasteiger partial charge in [-0.25, -0.2) is 0 Å². The van der Waals surface area contributed by atoms with Gasteiger partial charge in [-0.05, 0) is 38.5 Å². The van der Waals surface area contributed by atoms with Crippen LogP contribution in [-0.2, 0) is 6.54 Å². The number of benzene rings is 1. The predicted octanol–water partition coefficient (Wildman–Crippen LogP) is 3.97. The highest BCUT2D eigenvalue weighted by Gasteiger charge is 2.09. The zero-order valence-electron chi connectivity index (χ0n) is 11.6. The zero-order chi connectivity index (χ0) is 13.8. The molecule has 102 valence electrons. The molecule has 0 saturated heterocycles. The van der Waals surface area contributed by atoms with E-state index in [1.807, 2.05) is 41.2 Å². The van der Waals surface area contributed by atoms with Gasteiger partial charge in [0.2, 0.25) is 0 Å². The van der Waals surface area contributed by atoms with Crippen LogP contribution in [-0.4, -0.2) is 9.78 Å². The van der Waals surface area contributed by atoms with Gasteiger partial charge in [0.1, 0.15) is 0 Å². The molecular formula is C15H20ClN3. The number of rotatable bonds is 5. The molecule has 0 aliphatic carbocycles. The molecule has 1 N–H and O–H groups in total. The van der Waals surface area contributed by atoms with Crippen molar-refractivity contribution >= 4 is 11.6 Å². The van der Waals surface area contributed by atoms with E-state index in [-0.39, 0.29) is 6.04 Å². The molecule has 0 aliphatic rings. The van der Waals surface area contributed by atoms with Crippen molar-refractivity contribution in [2.45, 2.75) is 39.4 Å². The Morgan fingerprint density at radius 2 is 1.95 bits per heavy atom. The molecule has 1 atom stereocenters. The minimum atomic E-state index is 0.206. The summed E-state index contributed by atoms with van der Waals surface area (Å²) in [6, 6.07) is 10.6. The van der Waals surface area contributed by atoms with E-state index in [1.165, 1.54) is 0 Å². The van der Waals surface area contributed by atoms with Crippen molar-refractivity contribution in [2.75, 3.05) is 0 Å². The maximum absolute atomic E-state index is 6.19. The highest BCUT2D eigenvalue weighted by Crippen LogP contribution is 2.22. The molecule has 0 fully saturated rings. The molecule has 0 unspecified atom stereocenters. The lowest BCUT2D eigenvalue weighted by Gasteiger charge is -2.14. The molecule has 0 spiro atoms. The van der Waals surface area contributed by atoms with E-state index in [4.69, 9.17) is 11.6 Å². The number of nitrogens with zero attached hydrogens (tertiary/aromatic N) is 2. The molecule has 0 bridgehead atoms. The summed E-state index contributed by atoms with van der Waals surface area (Å²) in [5, 5.41) is 8.77. The van der Waals surface area contributed by atoms with Crippen LogP contribution in [0.3, 0.4) is 0 Å². The summed E-state index contributed by atoms with van der Waals surface area (Å²) < 4.78 is 1.97. The fraction of sp³-hybridized carbons (Fsp3) is 0.400. The first-order chi connectivity index (χ1) is 9.08. The third-order valence-electron chi connectivity index (χ3n) is 3.15. The van der Waals surface area contributed by atoms with Gasteiger partial charge in [0, 0.05) is 29.8 Å². The fourth-order valence-electron chi connectivity index (χ4n) is 1.95. The molecule has 0 aliphatic heterocycles. The van der Waals surface area contributed by atoms with E-state index in [9.17, 15) is 0 Å². The van der Waals surface area contributed by atoms with Crippen LogP contribution in [0.15, 0.2) is 36.5 Å². The molecule has 19 heavy (non-hydrogen) atoms. The Morgan fingerprint density at radius 1 is 1.21 bits per heavy atom. The highest BCUT2D eigenvalue weighted by molar-refractivity contribution is 6.31. The lowest BCUT2D eigenvalue weighted by atomic mass is 10.1. The smallest absolute Gasteiger partial charge is 0.0762 e. The molecule has 3 nitrogen and oxygen atoms in total. The van der Waals surface area contributed by atoms with Crippen molar-refractivity contribution in [3.05, 3.63) is 52.8 Å². The second kappa shape index (κ2) is 6.22. The van der Waals surface area contributed by atoms with Crippen LogP contribution in [0.4, 0.5) is 0 Å². The van der Waals surface area contributed by atoms with Crippen LogP contribution in [0, 0.1) is 0 Å². The number of halogens is 1. The fourth-order valence-corrected chi connectivity index (χ4v) is 2.25. The van der Waals surface area contributed by atoms with Gasteiger partial charge >= 0.3 is 0 Å². The number of aromatic nitrogens is 2. The van der Waals surface area contributed by atoms with E-state index in [1.54, 1.807) is 0 Å². The van der Waals surface area contributed by atoms with E-state index in [0.29, 0.717) is 6.04 Å². The summed E-state index contributed by atoms with van der Waals surface area (Å²) in [5.74, 6) is 0. The van der Waals surface area contributed by atoms with Crippen molar-refractivity contribution in [3.63, 3.8) is 0 Å². The zero-order valence-corrected chi connectivity index (χ0v) is 12.4. The van der Waals surface area contributed by atoms with Crippen LogP contribution < -0.4 is 5.32 Å². The molecule has 0 saturated carbocycles. The first kappa shape index (κ1) is 14.1. The predicted molar refractivity (Wildman–Crippen MR) is 79.3 cm³/mol. The molecule has 1 aromatic carbocycles. The molecule has 1 aromatic heterocycles. The van der Waals surface area contributed by atoms with Crippen molar-refractivity contribution in [3.8, 4) is 0 Å². The Hall–Kier alpha value is -1.32. The standard InChI is InChI=1S/C15H20ClN3/c1-11(2)19-9-8-13(18-19)10-17-12(3)14-6-4-5-7-15(14)16/h4-9,11-12,17H,10H2,1-3H3/t12-/m1/s1. The van der Waals surface area contributed by atoms with Gasteiger partial charge in [-0.1, -0.05) is 29.8 Å². The lowest BCUT2D eigenvalue weighted by molar-refractivity contribution is 0.512. The first-order valence-corrected chi connectivity index (χ1v) is 6.97. The average molecular weight is 278 g/mol. The monoisotopic (exact) mass is 277 g/mol. The summed E-state index contributed by atoms with van der Waals surface area (Å²) in [6.45, 7) is 7.10. The molecule has 0 amide bonds. The Labute approximate surface area is 119 Å². The van der Waals surface area contributed by atoms with Crippen LogP contribution in [0.2, 0.25) is 5.02 Å². The van der Waals surface area contributed by atoms with Gasteiger partial charge in [0.05, 0.1) is 5.69 Å². The average Bonchev–Trinajstić information content (AvgIpc) is 2.85. The van der Waals surface area contributed by atoms with Gasteiger partial charge < -0.3 is 5.32 Å². The Kier molecular flexibility index (Phi) is 4.61. The Bertz CT molecular complexity index is 534. The van der Waals surface area contributed by atoms with Gasteiger partial charge in [-0.2, -0.15) is 5.10 Å². The van der Waals surface area contributed by atoms with Crippen LogP contribution in [0.1, 0.15) is 44.1 Å². The molecule has 2 aromatic rings. The van der Waals surface area contributed by atoms with E-state index < -0.39 is 0 Å². The molecule has 1 heterocycles. The number of hydrogen-bond acceptors (Lipinski definition) is 2. The topological polar surface area (TPSA) is 29.9 Å². The Morgan fingerprint density at radius 3 is 2.58 bits per heavy atom. The minimum absolute atomic E-state index is 0.206. The third-order valence-corrected chi connectivity index (χ3v) is 3.50. The maximum Gasteiger partial charge on any atom is 0.0762 e. The molecule has 2 rings (SSSR count). The van der Waals surface area contributed by atoms with Crippen molar-refractivity contribution in [1.82, 2.24) is 15.1 Å². The van der Waals surface area contributed by atoms with E-state index in [2.05, 4.69) is 31.2 Å². The van der Waals surface area contributed by atoms with Crippen molar-refractivity contribution in [2.24, 2.45) is 0 Å². The first-order valence-electron chi connectivity index (χ1n) is 6.59. The van der Waals surface area contributed by atoms with E-state index in [0.717, 1.165) is 22.8 Å². The SMILES string of the molecule is CC(C)n1ccc(CN[C@H](C)c2ccccc2Cl)n1. The molecule has 4 heteroatoms.